The van der Waals surface area contributed by atoms with E-state index in [2.05, 4.69) is 0 Å². The van der Waals surface area contributed by atoms with Crippen LogP contribution in [0.1, 0.15) is 18.1 Å². The predicted octanol–water partition coefficient (Wildman–Crippen LogP) is 8.19. The highest BCUT2D eigenvalue weighted by molar-refractivity contribution is 8.14. The minimum Gasteiger partial charge on any atom is -0.361 e. The lowest BCUT2D eigenvalue weighted by atomic mass is 9.75. The molecule has 2 aliphatic heterocycles. The summed E-state index contributed by atoms with van der Waals surface area (Å²) < 4.78 is 95.7. The van der Waals surface area contributed by atoms with Crippen LogP contribution in [0.3, 0.4) is 0 Å². The van der Waals surface area contributed by atoms with E-state index < -0.39 is 38.6 Å². The van der Waals surface area contributed by atoms with Crippen molar-refractivity contribution in [1.82, 2.24) is 0 Å². The quantitative estimate of drug-likeness (QED) is 0.366. The molecule has 36 heavy (non-hydrogen) atoms. The molecule has 0 radical (unpaired) electrons. The van der Waals surface area contributed by atoms with Gasteiger partial charge in [0.15, 0.2) is 4.93 Å². The molecule has 0 spiro atoms. The van der Waals surface area contributed by atoms with Crippen molar-refractivity contribution in [3.05, 3.63) is 106 Å². The highest BCUT2D eigenvalue weighted by Gasteiger charge is 2.84. The lowest BCUT2D eigenvalue weighted by molar-refractivity contribution is -0.258. The van der Waals surface area contributed by atoms with Gasteiger partial charge in [-0.25, -0.2) is 0 Å². The number of ether oxygens (including phenoxy) is 1. The van der Waals surface area contributed by atoms with Crippen LogP contribution in [-0.4, -0.2) is 34.6 Å². The van der Waals surface area contributed by atoms with E-state index in [9.17, 15) is 8.78 Å². The summed E-state index contributed by atoms with van der Waals surface area (Å²) in [5.41, 5.74) is -1.92. The van der Waals surface area contributed by atoms with Crippen LogP contribution < -0.4 is 0 Å². The molecule has 0 aromatic heterocycles. The first kappa shape index (κ1) is 24.0. The maximum Gasteiger partial charge on any atom is 0.380 e. The number of fused-ring (bicyclic) bond motifs is 4. The Hall–Kier alpha value is -2.36. The molecule has 186 valence electrons. The fourth-order valence-corrected chi connectivity index (χ4v) is 8.57. The lowest BCUT2D eigenvalue weighted by Crippen LogP contribution is -2.52. The molecule has 2 heterocycles. The molecule has 2 unspecified atom stereocenters. The Morgan fingerprint density at radius 1 is 0.639 bits per heavy atom. The van der Waals surface area contributed by atoms with Crippen molar-refractivity contribution in [3.63, 3.8) is 0 Å². The number of benzene rings is 2. The number of methoxy groups -OCH3 is 1. The summed E-state index contributed by atoms with van der Waals surface area (Å²) in [6.45, 7) is 1.60. The zero-order valence-electron chi connectivity index (χ0n) is 18.9. The molecule has 1 saturated carbocycles. The van der Waals surface area contributed by atoms with Crippen LogP contribution in [0.2, 0.25) is 0 Å². The summed E-state index contributed by atoms with van der Waals surface area (Å²) in [6.07, 6.45) is 2.66. The lowest BCUT2D eigenvalue weighted by Gasteiger charge is -2.47. The van der Waals surface area contributed by atoms with Crippen LogP contribution in [0.25, 0.3) is 9.81 Å². The van der Waals surface area contributed by atoms with Gasteiger partial charge in [-0.2, -0.15) is 26.3 Å². The third kappa shape index (κ3) is 2.66. The highest BCUT2D eigenvalue weighted by Crippen LogP contribution is 2.75. The molecule has 1 fully saturated rings. The normalized spacial score (nSPS) is 31.1. The van der Waals surface area contributed by atoms with Crippen LogP contribution in [0.5, 0.6) is 0 Å². The molecule has 1 nitrogen and oxygen atoms in total. The second-order valence-electron chi connectivity index (χ2n) is 9.11. The molecule has 2 aliphatic carbocycles. The topological polar surface area (TPSA) is 9.23 Å². The maximum atomic E-state index is 15.4. The molecule has 0 N–H and O–H groups in total. The van der Waals surface area contributed by atoms with Gasteiger partial charge in [-0.3, -0.25) is 0 Å². The van der Waals surface area contributed by atoms with Gasteiger partial charge in [0.1, 0.15) is 0 Å². The smallest absolute Gasteiger partial charge is 0.361 e. The number of hydrogen-bond acceptors (Lipinski definition) is 3. The summed E-state index contributed by atoms with van der Waals surface area (Å²) in [6, 6.07) is 17.6. The molecule has 0 bridgehead atoms. The largest absolute Gasteiger partial charge is 0.380 e. The van der Waals surface area contributed by atoms with Crippen molar-refractivity contribution in [3.8, 4) is 0 Å². The van der Waals surface area contributed by atoms with Crippen LogP contribution >= 0.6 is 23.5 Å². The second-order valence-corrected chi connectivity index (χ2v) is 11.8. The zero-order valence-corrected chi connectivity index (χ0v) is 20.6. The van der Waals surface area contributed by atoms with E-state index in [4.69, 9.17) is 4.74 Å². The zero-order chi connectivity index (χ0) is 25.7. The van der Waals surface area contributed by atoms with Gasteiger partial charge in [-0.15, -0.1) is 11.8 Å². The number of alkyl halides is 6. The second kappa shape index (κ2) is 7.36. The van der Waals surface area contributed by atoms with Crippen molar-refractivity contribution in [1.29, 1.82) is 0 Å². The van der Waals surface area contributed by atoms with Crippen molar-refractivity contribution in [2.75, 3.05) is 7.11 Å². The molecule has 6 rings (SSSR count). The standard InChI is InChI=1S/C27H18F6OS2/c1-23-17(13-19(35-23)15-9-5-3-6-10-15)21-22(25(30,31)27(32,33)24(21,28)29)18-14-20(36-26(18,23)34-2)16-11-7-4-8-12-16/h3-14H,1-2H3. The monoisotopic (exact) mass is 536 g/mol. The van der Waals surface area contributed by atoms with Crippen LogP contribution in [0, 0.1) is 0 Å². The van der Waals surface area contributed by atoms with Gasteiger partial charge < -0.3 is 4.74 Å². The van der Waals surface area contributed by atoms with Gasteiger partial charge in [-0.1, -0.05) is 72.4 Å². The first-order valence-electron chi connectivity index (χ1n) is 11.0. The van der Waals surface area contributed by atoms with E-state index in [1.807, 2.05) is 0 Å². The van der Waals surface area contributed by atoms with E-state index in [0.29, 0.717) is 20.9 Å². The molecule has 4 aliphatic rings. The third-order valence-electron chi connectivity index (χ3n) is 7.22. The number of halogens is 6. The van der Waals surface area contributed by atoms with E-state index in [1.165, 1.54) is 19.3 Å². The molecular weight excluding hydrogens is 518 g/mol. The molecule has 0 saturated heterocycles. The Morgan fingerprint density at radius 2 is 1.08 bits per heavy atom. The predicted molar refractivity (Wildman–Crippen MR) is 131 cm³/mol. The van der Waals surface area contributed by atoms with E-state index in [-0.39, 0.29) is 11.1 Å². The fraction of sp³-hybridized carbons (Fsp3) is 0.259. The van der Waals surface area contributed by atoms with Gasteiger partial charge in [0, 0.05) is 33.6 Å². The minimum absolute atomic E-state index is 0.260. The molecule has 2 aromatic carbocycles. The van der Waals surface area contributed by atoms with Gasteiger partial charge in [0.25, 0.3) is 0 Å². The molecule has 0 amide bonds. The van der Waals surface area contributed by atoms with E-state index in [1.54, 1.807) is 67.6 Å². The SMILES string of the molecule is COC12SC(c3ccccc3)=CC1=C1C(=C3C=C(c4ccccc4)SC32C)C(F)(F)C(F)(F)C1(F)F. The highest BCUT2D eigenvalue weighted by atomic mass is 32.2. The molecular formula is C27H18F6OS2. The van der Waals surface area contributed by atoms with Crippen LogP contribution in [-0.2, 0) is 4.74 Å². The Kier molecular flexibility index (Phi) is 4.91. The summed E-state index contributed by atoms with van der Waals surface area (Å²) in [7, 11) is 1.30. The Morgan fingerprint density at radius 3 is 1.58 bits per heavy atom. The first-order chi connectivity index (χ1) is 16.9. The van der Waals surface area contributed by atoms with E-state index in [0.717, 1.165) is 23.5 Å². The summed E-state index contributed by atoms with van der Waals surface area (Å²) >= 11 is 2.25. The van der Waals surface area contributed by atoms with Gasteiger partial charge in [-0.05, 0) is 35.8 Å². The number of thioether (sulfide) groups is 2. The first-order valence-corrected chi connectivity index (χ1v) is 12.7. The van der Waals surface area contributed by atoms with Crippen LogP contribution in [0.15, 0.2) is 95.1 Å². The van der Waals surface area contributed by atoms with Gasteiger partial charge in [0.2, 0.25) is 0 Å². The van der Waals surface area contributed by atoms with Crippen molar-refractivity contribution in [2.45, 2.75) is 34.4 Å². The van der Waals surface area contributed by atoms with E-state index >= 15 is 17.6 Å². The average Bonchev–Trinajstić information content (AvgIpc) is 3.46. The third-order valence-corrected chi connectivity index (χ3v) is 10.5. The Balaban J connectivity index is 1.70. The average molecular weight is 537 g/mol. The molecule has 9 heteroatoms. The summed E-state index contributed by atoms with van der Waals surface area (Å²) in [5, 5.41) is 0. The molecule has 2 aromatic rings. The van der Waals surface area contributed by atoms with Crippen molar-refractivity contribution < 1.29 is 31.1 Å². The van der Waals surface area contributed by atoms with Gasteiger partial charge in [0.05, 0.1) is 4.75 Å². The minimum atomic E-state index is -5.60. The Labute approximate surface area is 212 Å². The van der Waals surface area contributed by atoms with Crippen molar-refractivity contribution >= 4 is 33.3 Å². The maximum absolute atomic E-state index is 15.4. The summed E-state index contributed by atoms with van der Waals surface area (Å²) in [5.74, 6) is -15.8. The van der Waals surface area contributed by atoms with Crippen LogP contribution in [0.4, 0.5) is 26.3 Å². The van der Waals surface area contributed by atoms with Gasteiger partial charge >= 0.3 is 17.8 Å². The number of rotatable bonds is 3. The summed E-state index contributed by atoms with van der Waals surface area (Å²) in [4.78, 5) is -0.658. The fourth-order valence-electron chi connectivity index (χ4n) is 5.45. The number of hydrogen-bond donors (Lipinski definition) is 0. The molecule has 2 atom stereocenters. The van der Waals surface area contributed by atoms with Crippen molar-refractivity contribution in [2.24, 2.45) is 0 Å². The number of allylic oxidation sites excluding steroid dienone is 3. The Bertz CT molecular complexity index is 1410.